The molecule has 4 nitrogen and oxygen atoms in total. The Labute approximate surface area is 94.4 Å². The number of hydrogen-bond acceptors (Lipinski definition) is 4. The van der Waals surface area contributed by atoms with Crippen LogP contribution < -0.4 is 0 Å². The first-order chi connectivity index (χ1) is 7.75. The van der Waals surface area contributed by atoms with Crippen LogP contribution in [0.5, 0.6) is 0 Å². The summed E-state index contributed by atoms with van der Waals surface area (Å²) < 4.78 is 10.6. The molecule has 1 aromatic carbocycles. The molecule has 0 amide bonds. The zero-order valence-electron chi connectivity index (χ0n) is 8.95. The molecule has 1 aromatic rings. The van der Waals surface area contributed by atoms with Crippen LogP contribution in [0.15, 0.2) is 30.3 Å². The highest BCUT2D eigenvalue weighted by atomic mass is 16.6. The van der Waals surface area contributed by atoms with Crippen molar-refractivity contribution in [2.24, 2.45) is 0 Å². The van der Waals surface area contributed by atoms with Crippen molar-refractivity contribution in [1.82, 2.24) is 0 Å². The van der Waals surface area contributed by atoms with Crippen LogP contribution in [0.1, 0.15) is 12.0 Å². The summed E-state index contributed by atoms with van der Waals surface area (Å²) in [6, 6.07) is 9.75. The van der Waals surface area contributed by atoms with Gasteiger partial charge in [0.1, 0.15) is 6.10 Å². The Morgan fingerprint density at radius 3 is 2.69 bits per heavy atom. The maximum absolute atomic E-state index is 9.65. The van der Waals surface area contributed by atoms with Crippen LogP contribution in [0.4, 0.5) is 0 Å². The lowest BCUT2D eigenvalue weighted by atomic mass is 10.1. The van der Waals surface area contributed by atoms with Gasteiger partial charge in [0.05, 0.1) is 19.3 Å². The van der Waals surface area contributed by atoms with E-state index < -0.39 is 12.4 Å². The normalized spacial score (nSPS) is 30.2. The molecule has 1 fully saturated rings. The lowest BCUT2D eigenvalue weighted by Gasteiger charge is -2.30. The number of rotatable bonds is 3. The first kappa shape index (κ1) is 11.5. The van der Waals surface area contributed by atoms with Gasteiger partial charge in [0.15, 0.2) is 6.29 Å². The summed E-state index contributed by atoms with van der Waals surface area (Å²) in [4.78, 5) is 0. The molecule has 1 aliphatic heterocycles. The Hall–Kier alpha value is -0.940. The van der Waals surface area contributed by atoms with Gasteiger partial charge in [0.2, 0.25) is 0 Å². The minimum Gasteiger partial charge on any atom is -0.390 e. The fourth-order valence-corrected chi connectivity index (χ4v) is 1.68. The standard InChI is InChI=1S/C12H16O4/c13-10-6-12(14)16-8-11(10)15-7-9-4-2-1-3-5-9/h1-5,10-14H,6-8H2/t10-,11-,12-/m1/s1. The molecular formula is C12H16O4. The van der Waals surface area contributed by atoms with E-state index in [1.54, 1.807) is 0 Å². The van der Waals surface area contributed by atoms with Crippen LogP contribution in [0.2, 0.25) is 0 Å². The second-order valence-electron chi connectivity index (χ2n) is 3.93. The van der Waals surface area contributed by atoms with Crippen molar-refractivity contribution in [2.45, 2.75) is 31.5 Å². The summed E-state index contributed by atoms with van der Waals surface area (Å²) in [6.07, 6.45) is -1.68. The van der Waals surface area contributed by atoms with Crippen LogP contribution in [0.25, 0.3) is 0 Å². The van der Waals surface area contributed by atoms with E-state index in [0.717, 1.165) is 5.56 Å². The smallest absolute Gasteiger partial charge is 0.157 e. The lowest BCUT2D eigenvalue weighted by Crippen LogP contribution is -2.42. The number of aliphatic hydroxyl groups is 2. The summed E-state index contributed by atoms with van der Waals surface area (Å²) in [5.41, 5.74) is 1.06. The van der Waals surface area contributed by atoms with Gasteiger partial charge in [-0.25, -0.2) is 0 Å². The number of aliphatic hydroxyl groups excluding tert-OH is 2. The van der Waals surface area contributed by atoms with Gasteiger partial charge >= 0.3 is 0 Å². The van der Waals surface area contributed by atoms with Gasteiger partial charge in [0.25, 0.3) is 0 Å². The molecule has 88 valence electrons. The van der Waals surface area contributed by atoms with Crippen LogP contribution in [0, 0.1) is 0 Å². The highest BCUT2D eigenvalue weighted by Gasteiger charge is 2.29. The minimum absolute atomic E-state index is 0.208. The highest BCUT2D eigenvalue weighted by molar-refractivity contribution is 5.13. The fraction of sp³-hybridized carbons (Fsp3) is 0.500. The Bertz CT molecular complexity index is 314. The molecule has 2 rings (SSSR count). The SMILES string of the molecule is O[C@@H]1C[C@H](O)OC[C@H]1OCc1ccccc1. The molecule has 0 aliphatic carbocycles. The van der Waals surface area contributed by atoms with Gasteiger partial charge in [0, 0.05) is 6.42 Å². The summed E-state index contributed by atoms with van der Waals surface area (Å²) in [5.74, 6) is 0. The third-order valence-corrected chi connectivity index (χ3v) is 2.63. The molecule has 0 aromatic heterocycles. The molecule has 1 saturated heterocycles. The molecule has 0 radical (unpaired) electrons. The molecule has 0 bridgehead atoms. The third-order valence-electron chi connectivity index (χ3n) is 2.63. The van der Waals surface area contributed by atoms with Gasteiger partial charge in [-0.05, 0) is 5.56 Å². The van der Waals surface area contributed by atoms with E-state index in [2.05, 4.69) is 0 Å². The van der Waals surface area contributed by atoms with Crippen LogP contribution in [-0.4, -0.2) is 35.3 Å². The molecule has 2 N–H and O–H groups in total. The third kappa shape index (κ3) is 3.02. The topological polar surface area (TPSA) is 58.9 Å². The minimum atomic E-state index is -0.869. The van der Waals surface area contributed by atoms with Crippen LogP contribution in [0.3, 0.4) is 0 Å². The maximum Gasteiger partial charge on any atom is 0.157 e. The number of benzene rings is 1. The first-order valence-corrected chi connectivity index (χ1v) is 5.39. The number of hydrogen-bond donors (Lipinski definition) is 2. The Kier molecular flexibility index (Phi) is 3.90. The summed E-state index contributed by atoms with van der Waals surface area (Å²) in [7, 11) is 0. The van der Waals surface area contributed by atoms with Crippen molar-refractivity contribution >= 4 is 0 Å². The summed E-state index contributed by atoms with van der Waals surface area (Å²) in [6.45, 7) is 0.678. The summed E-state index contributed by atoms with van der Waals surface area (Å²) >= 11 is 0. The van der Waals surface area contributed by atoms with Crippen LogP contribution in [-0.2, 0) is 16.1 Å². The molecule has 3 atom stereocenters. The van der Waals surface area contributed by atoms with E-state index in [-0.39, 0.29) is 19.1 Å². The Morgan fingerprint density at radius 1 is 1.25 bits per heavy atom. The average molecular weight is 224 g/mol. The van der Waals surface area contributed by atoms with Crippen molar-refractivity contribution in [3.05, 3.63) is 35.9 Å². The Balaban J connectivity index is 1.82. The van der Waals surface area contributed by atoms with E-state index in [1.165, 1.54) is 0 Å². The van der Waals surface area contributed by atoms with Gasteiger partial charge in [-0.3, -0.25) is 0 Å². The van der Waals surface area contributed by atoms with Crippen molar-refractivity contribution in [2.75, 3.05) is 6.61 Å². The van der Waals surface area contributed by atoms with E-state index in [0.29, 0.717) is 6.61 Å². The largest absolute Gasteiger partial charge is 0.390 e. The highest BCUT2D eigenvalue weighted by Crippen LogP contribution is 2.16. The van der Waals surface area contributed by atoms with Crippen LogP contribution >= 0.6 is 0 Å². The monoisotopic (exact) mass is 224 g/mol. The van der Waals surface area contributed by atoms with E-state index in [1.807, 2.05) is 30.3 Å². The first-order valence-electron chi connectivity index (χ1n) is 5.39. The van der Waals surface area contributed by atoms with Crippen molar-refractivity contribution in [1.29, 1.82) is 0 Å². The van der Waals surface area contributed by atoms with Gasteiger partial charge in [-0.1, -0.05) is 30.3 Å². The van der Waals surface area contributed by atoms with E-state index in [9.17, 15) is 5.11 Å². The second-order valence-corrected chi connectivity index (χ2v) is 3.93. The zero-order chi connectivity index (χ0) is 11.4. The zero-order valence-corrected chi connectivity index (χ0v) is 8.95. The quantitative estimate of drug-likeness (QED) is 0.792. The van der Waals surface area contributed by atoms with Crippen molar-refractivity contribution in [3.8, 4) is 0 Å². The molecular weight excluding hydrogens is 208 g/mol. The van der Waals surface area contributed by atoms with Gasteiger partial charge in [-0.15, -0.1) is 0 Å². The number of ether oxygens (including phenoxy) is 2. The van der Waals surface area contributed by atoms with Gasteiger partial charge in [-0.2, -0.15) is 0 Å². The van der Waals surface area contributed by atoms with Crippen molar-refractivity contribution in [3.63, 3.8) is 0 Å². The maximum atomic E-state index is 9.65. The molecule has 1 heterocycles. The predicted molar refractivity (Wildman–Crippen MR) is 57.6 cm³/mol. The molecule has 0 saturated carbocycles. The van der Waals surface area contributed by atoms with Crippen molar-refractivity contribution < 1.29 is 19.7 Å². The average Bonchev–Trinajstić information content (AvgIpc) is 2.29. The Morgan fingerprint density at radius 2 is 2.00 bits per heavy atom. The second kappa shape index (κ2) is 5.41. The summed E-state index contributed by atoms with van der Waals surface area (Å²) in [5, 5.41) is 18.8. The molecule has 0 spiro atoms. The van der Waals surface area contributed by atoms with E-state index >= 15 is 0 Å². The van der Waals surface area contributed by atoms with Gasteiger partial charge < -0.3 is 19.7 Å². The molecule has 0 unspecified atom stereocenters. The predicted octanol–water partition coefficient (Wildman–Crippen LogP) is 0.671. The molecule has 4 heteroatoms. The molecule has 16 heavy (non-hydrogen) atoms. The fourth-order valence-electron chi connectivity index (χ4n) is 1.68. The molecule has 1 aliphatic rings. The van der Waals surface area contributed by atoms with E-state index in [4.69, 9.17) is 14.6 Å². The lowest BCUT2D eigenvalue weighted by molar-refractivity contribution is -0.208.